The number of ether oxygens (including phenoxy) is 1. The fourth-order valence-corrected chi connectivity index (χ4v) is 2.66. The van der Waals surface area contributed by atoms with Gasteiger partial charge in [0.1, 0.15) is 11.6 Å². The Morgan fingerprint density at radius 2 is 2.04 bits per heavy atom. The summed E-state index contributed by atoms with van der Waals surface area (Å²) < 4.78 is 7.40. The number of para-hydroxylation sites is 1. The highest BCUT2D eigenvalue weighted by Gasteiger charge is 2.08. The third-order valence-corrected chi connectivity index (χ3v) is 3.97. The lowest BCUT2D eigenvalue weighted by molar-refractivity contribution is -0.113. The summed E-state index contributed by atoms with van der Waals surface area (Å²) in [5, 5.41) is 3.95. The Balaban J connectivity index is 1.92. The number of hydrogen-bond donors (Lipinski definition) is 1. The molecule has 0 saturated heterocycles. The standard InChI is InChI=1S/C18H17ClN2O2/c1-23-15-6-7-17-13(10-15)8-9-21(17)12-14-4-2-3-5-16(14)20-18(22)11-19/h2-10H,11-12H2,1H3,(H,20,22). The molecule has 5 heteroatoms. The molecule has 4 nitrogen and oxygen atoms in total. The van der Waals surface area contributed by atoms with Gasteiger partial charge in [0, 0.05) is 29.3 Å². The van der Waals surface area contributed by atoms with Crippen molar-refractivity contribution in [2.24, 2.45) is 0 Å². The van der Waals surface area contributed by atoms with Crippen molar-refractivity contribution in [3.63, 3.8) is 0 Å². The number of nitrogens with zero attached hydrogens (tertiary/aromatic N) is 1. The van der Waals surface area contributed by atoms with E-state index in [1.54, 1.807) is 7.11 Å². The molecule has 118 valence electrons. The zero-order valence-electron chi connectivity index (χ0n) is 12.8. The van der Waals surface area contributed by atoms with Gasteiger partial charge in [0.05, 0.1) is 7.11 Å². The minimum absolute atomic E-state index is 0.0550. The van der Waals surface area contributed by atoms with Crippen LogP contribution in [0, 0.1) is 0 Å². The van der Waals surface area contributed by atoms with E-state index in [0.717, 1.165) is 27.9 Å². The van der Waals surface area contributed by atoms with Gasteiger partial charge in [0.2, 0.25) is 5.91 Å². The maximum Gasteiger partial charge on any atom is 0.239 e. The third-order valence-electron chi connectivity index (χ3n) is 3.73. The van der Waals surface area contributed by atoms with Gasteiger partial charge in [-0.1, -0.05) is 18.2 Å². The summed E-state index contributed by atoms with van der Waals surface area (Å²) >= 11 is 5.57. The van der Waals surface area contributed by atoms with Gasteiger partial charge >= 0.3 is 0 Å². The molecule has 0 aliphatic carbocycles. The van der Waals surface area contributed by atoms with Crippen molar-refractivity contribution in [3.8, 4) is 5.75 Å². The number of methoxy groups -OCH3 is 1. The van der Waals surface area contributed by atoms with Gasteiger partial charge in [-0.2, -0.15) is 0 Å². The van der Waals surface area contributed by atoms with Crippen LogP contribution in [0.4, 0.5) is 5.69 Å². The Labute approximate surface area is 139 Å². The highest BCUT2D eigenvalue weighted by Crippen LogP contribution is 2.24. The minimum Gasteiger partial charge on any atom is -0.497 e. The Morgan fingerprint density at radius 1 is 1.22 bits per heavy atom. The highest BCUT2D eigenvalue weighted by molar-refractivity contribution is 6.29. The topological polar surface area (TPSA) is 43.3 Å². The van der Waals surface area contributed by atoms with E-state index >= 15 is 0 Å². The molecule has 0 spiro atoms. The molecule has 0 aliphatic heterocycles. The quantitative estimate of drug-likeness (QED) is 0.722. The second-order valence-electron chi connectivity index (χ2n) is 5.21. The summed E-state index contributed by atoms with van der Waals surface area (Å²) in [4.78, 5) is 11.6. The van der Waals surface area contributed by atoms with Gasteiger partial charge < -0.3 is 14.6 Å². The van der Waals surface area contributed by atoms with Crippen LogP contribution in [0.15, 0.2) is 54.7 Å². The van der Waals surface area contributed by atoms with Gasteiger partial charge in [-0.3, -0.25) is 4.79 Å². The first-order valence-corrected chi connectivity index (χ1v) is 7.81. The molecule has 1 amide bonds. The highest BCUT2D eigenvalue weighted by atomic mass is 35.5. The number of carbonyl (C=O) groups is 1. The minimum atomic E-state index is -0.207. The van der Waals surface area contributed by atoms with Gasteiger partial charge in [-0.05, 0) is 35.9 Å². The number of halogens is 1. The van der Waals surface area contributed by atoms with Crippen LogP contribution in [0.1, 0.15) is 5.56 Å². The molecular formula is C18H17ClN2O2. The molecule has 0 bridgehead atoms. The second-order valence-corrected chi connectivity index (χ2v) is 5.47. The van der Waals surface area contributed by atoms with Crippen molar-refractivity contribution < 1.29 is 9.53 Å². The van der Waals surface area contributed by atoms with E-state index in [1.165, 1.54) is 0 Å². The first-order chi connectivity index (χ1) is 11.2. The zero-order valence-corrected chi connectivity index (χ0v) is 13.5. The third kappa shape index (κ3) is 3.32. The summed E-state index contributed by atoms with van der Waals surface area (Å²) in [5.41, 5.74) is 2.93. The van der Waals surface area contributed by atoms with Crippen LogP contribution in [-0.4, -0.2) is 23.5 Å². The molecule has 0 atom stereocenters. The Kier molecular flexibility index (Phi) is 4.53. The van der Waals surface area contributed by atoms with Crippen LogP contribution in [-0.2, 0) is 11.3 Å². The van der Waals surface area contributed by atoms with Crippen LogP contribution < -0.4 is 10.1 Å². The molecule has 23 heavy (non-hydrogen) atoms. The number of rotatable bonds is 5. The predicted molar refractivity (Wildman–Crippen MR) is 93.4 cm³/mol. The largest absolute Gasteiger partial charge is 0.497 e. The lowest BCUT2D eigenvalue weighted by Crippen LogP contribution is -2.14. The van der Waals surface area contributed by atoms with Crippen molar-refractivity contribution >= 4 is 34.1 Å². The number of hydrogen-bond acceptors (Lipinski definition) is 2. The van der Waals surface area contributed by atoms with Crippen molar-refractivity contribution in [1.82, 2.24) is 4.57 Å². The van der Waals surface area contributed by atoms with Crippen molar-refractivity contribution in [1.29, 1.82) is 0 Å². The van der Waals surface area contributed by atoms with Gasteiger partial charge in [-0.25, -0.2) is 0 Å². The fourth-order valence-electron chi connectivity index (χ4n) is 2.59. The Morgan fingerprint density at radius 3 is 2.83 bits per heavy atom. The predicted octanol–water partition coefficient (Wildman–Crippen LogP) is 3.88. The molecule has 1 N–H and O–H groups in total. The summed E-state index contributed by atoms with van der Waals surface area (Å²) in [7, 11) is 1.66. The Bertz CT molecular complexity index is 842. The van der Waals surface area contributed by atoms with E-state index in [9.17, 15) is 4.79 Å². The van der Waals surface area contributed by atoms with Gasteiger partial charge in [0.25, 0.3) is 0 Å². The number of aromatic nitrogens is 1. The number of benzene rings is 2. The lowest BCUT2D eigenvalue weighted by Gasteiger charge is -2.12. The van der Waals surface area contributed by atoms with Crippen LogP contribution in [0.2, 0.25) is 0 Å². The molecule has 0 radical (unpaired) electrons. The molecule has 0 unspecified atom stereocenters. The lowest BCUT2D eigenvalue weighted by atomic mass is 10.1. The van der Waals surface area contributed by atoms with Crippen LogP contribution in [0.3, 0.4) is 0 Å². The number of anilines is 1. The number of amides is 1. The van der Waals surface area contributed by atoms with E-state index < -0.39 is 0 Å². The first-order valence-electron chi connectivity index (χ1n) is 7.28. The van der Waals surface area contributed by atoms with Crippen molar-refractivity contribution in [2.45, 2.75) is 6.54 Å². The molecule has 0 fully saturated rings. The van der Waals surface area contributed by atoms with Crippen LogP contribution in [0.25, 0.3) is 10.9 Å². The normalized spacial score (nSPS) is 10.7. The van der Waals surface area contributed by atoms with Crippen molar-refractivity contribution in [2.75, 3.05) is 18.3 Å². The smallest absolute Gasteiger partial charge is 0.239 e. The number of fused-ring (bicyclic) bond motifs is 1. The van der Waals surface area contributed by atoms with E-state index in [-0.39, 0.29) is 11.8 Å². The summed E-state index contributed by atoms with van der Waals surface area (Å²) in [5.74, 6) is 0.576. The average molecular weight is 329 g/mol. The zero-order chi connectivity index (χ0) is 16.2. The molecule has 1 heterocycles. The maximum atomic E-state index is 11.6. The molecule has 1 aromatic heterocycles. The monoisotopic (exact) mass is 328 g/mol. The van der Waals surface area contributed by atoms with Crippen LogP contribution >= 0.6 is 11.6 Å². The first kappa shape index (κ1) is 15.4. The van der Waals surface area contributed by atoms with E-state index in [0.29, 0.717) is 6.54 Å². The molecule has 3 rings (SSSR count). The van der Waals surface area contributed by atoms with Crippen molar-refractivity contribution in [3.05, 3.63) is 60.3 Å². The number of carbonyl (C=O) groups excluding carboxylic acids is 1. The maximum absolute atomic E-state index is 11.6. The summed E-state index contributed by atoms with van der Waals surface area (Å²) in [6.07, 6.45) is 2.03. The van der Waals surface area contributed by atoms with Gasteiger partial charge in [-0.15, -0.1) is 11.6 Å². The van der Waals surface area contributed by atoms with E-state index in [2.05, 4.69) is 16.0 Å². The molecule has 2 aromatic carbocycles. The summed E-state index contributed by atoms with van der Waals surface area (Å²) in [6, 6.07) is 15.8. The van der Waals surface area contributed by atoms with E-state index in [1.807, 2.05) is 48.7 Å². The van der Waals surface area contributed by atoms with Crippen LogP contribution in [0.5, 0.6) is 5.75 Å². The SMILES string of the molecule is COc1ccc2c(ccn2Cc2ccccc2NC(=O)CCl)c1. The summed E-state index contributed by atoms with van der Waals surface area (Å²) in [6.45, 7) is 0.661. The molecule has 0 aliphatic rings. The molecule has 3 aromatic rings. The van der Waals surface area contributed by atoms with Gasteiger partial charge in [0.15, 0.2) is 0 Å². The molecule has 0 saturated carbocycles. The Hall–Kier alpha value is -2.46. The molecular weight excluding hydrogens is 312 g/mol. The van der Waals surface area contributed by atoms with E-state index in [4.69, 9.17) is 16.3 Å². The fraction of sp³-hybridized carbons (Fsp3) is 0.167. The average Bonchev–Trinajstić information content (AvgIpc) is 2.98. The second kappa shape index (κ2) is 6.75. The number of alkyl halides is 1. The number of nitrogens with one attached hydrogen (secondary N) is 1.